The van der Waals surface area contributed by atoms with Crippen LogP contribution < -0.4 is 5.32 Å². The average Bonchev–Trinajstić information content (AvgIpc) is 2.15. The minimum atomic E-state index is 0.0700. The normalized spacial score (nSPS) is 12.9. The Hall–Kier alpha value is -0.860. The van der Waals surface area contributed by atoms with Crippen LogP contribution in [-0.4, -0.2) is 18.3 Å². The Balaban J connectivity index is 2.92. The molecule has 0 aliphatic rings. The monoisotopic (exact) mass is 193 g/mol. The Morgan fingerprint density at radius 3 is 2.57 bits per heavy atom. The molecule has 1 aromatic carbocycles. The second-order valence-corrected chi connectivity index (χ2v) is 3.65. The summed E-state index contributed by atoms with van der Waals surface area (Å²) in [5, 5.41) is 12.5. The summed E-state index contributed by atoms with van der Waals surface area (Å²) in [6.45, 7) is 7.24. The maximum Gasteiger partial charge on any atom is 0.0626 e. The molecule has 78 valence electrons. The van der Waals surface area contributed by atoms with Crippen molar-refractivity contribution in [1.82, 2.24) is 5.32 Å². The van der Waals surface area contributed by atoms with Gasteiger partial charge in [0.05, 0.1) is 12.6 Å². The van der Waals surface area contributed by atoms with Crippen LogP contribution >= 0.6 is 0 Å². The highest BCUT2D eigenvalue weighted by Gasteiger charge is 2.10. The lowest BCUT2D eigenvalue weighted by Crippen LogP contribution is -2.24. The molecule has 0 aromatic heterocycles. The molecule has 0 radical (unpaired) electrons. The van der Waals surface area contributed by atoms with Gasteiger partial charge in [-0.3, -0.25) is 0 Å². The van der Waals surface area contributed by atoms with Crippen molar-refractivity contribution in [2.45, 2.75) is 26.8 Å². The molecule has 0 spiro atoms. The predicted molar refractivity (Wildman–Crippen MR) is 59.4 cm³/mol. The van der Waals surface area contributed by atoms with Gasteiger partial charge in [-0.1, -0.05) is 30.7 Å². The van der Waals surface area contributed by atoms with E-state index in [4.69, 9.17) is 0 Å². The molecule has 0 saturated heterocycles. The van der Waals surface area contributed by atoms with Gasteiger partial charge in [0.25, 0.3) is 0 Å². The first kappa shape index (κ1) is 11.2. The first-order valence-corrected chi connectivity index (χ1v) is 5.10. The van der Waals surface area contributed by atoms with Crippen molar-refractivity contribution in [3.8, 4) is 0 Å². The quantitative estimate of drug-likeness (QED) is 0.766. The number of aliphatic hydroxyl groups excluding tert-OH is 1. The van der Waals surface area contributed by atoms with E-state index in [9.17, 15) is 5.11 Å². The summed E-state index contributed by atoms with van der Waals surface area (Å²) in [5.74, 6) is 0. The van der Waals surface area contributed by atoms with Crippen molar-refractivity contribution in [2.75, 3.05) is 13.2 Å². The molecule has 0 amide bonds. The SMILES string of the molecule is CCNC(CO)c1ccc(C)cc1C. The number of hydrogen-bond donors (Lipinski definition) is 2. The Labute approximate surface area is 86.0 Å². The Bertz CT molecular complexity index is 296. The maximum atomic E-state index is 9.24. The number of hydrogen-bond acceptors (Lipinski definition) is 2. The lowest BCUT2D eigenvalue weighted by atomic mass is 10.00. The molecule has 1 atom stereocenters. The molecule has 0 aliphatic heterocycles. The van der Waals surface area contributed by atoms with Crippen LogP contribution in [0.5, 0.6) is 0 Å². The van der Waals surface area contributed by atoms with E-state index in [-0.39, 0.29) is 12.6 Å². The lowest BCUT2D eigenvalue weighted by molar-refractivity contribution is 0.246. The van der Waals surface area contributed by atoms with Gasteiger partial charge in [0.2, 0.25) is 0 Å². The minimum Gasteiger partial charge on any atom is -0.394 e. The van der Waals surface area contributed by atoms with E-state index in [0.29, 0.717) is 0 Å². The van der Waals surface area contributed by atoms with E-state index in [1.54, 1.807) is 0 Å². The number of benzene rings is 1. The van der Waals surface area contributed by atoms with E-state index < -0.39 is 0 Å². The van der Waals surface area contributed by atoms with Gasteiger partial charge in [-0.05, 0) is 31.5 Å². The maximum absolute atomic E-state index is 9.24. The zero-order valence-corrected chi connectivity index (χ0v) is 9.17. The van der Waals surface area contributed by atoms with Gasteiger partial charge in [-0.25, -0.2) is 0 Å². The van der Waals surface area contributed by atoms with E-state index in [1.807, 2.05) is 6.92 Å². The number of aliphatic hydroxyl groups is 1. The van der Waals surface area contributed by atoms with Crippen LogP contribution in [0.4, 0.5) is 0 Å². The molecule has 0 heterocycles. The molecular formula is C12H19NO. The predicted octanol–water partition coefficient (Wildman–Crippen LogP) is 1.95. The van der Waals surface area contributed by atoms with Gasteiger partial charge in [-0.2, -0.15) is 0 Å². The second-order valence-electron chi connectivity index (χ2n) is 3.65. The Morgan fingerprint density at radius 1 is 1.36 bits per heavy atom. The van der Waals surface area contributed by atoms with Crippen molar-refractivity contribution >= 4 is 0 Å². The summed E-state index contributed by atoms with van der Waals surface area (Å²) in [6.07, 6.45) is 0. The fraction of sp³-hybridized carbons (Fsp3) is 0.500. The number of rotatable bonds is 4. The van der Waals surface area contributed by atoms with E-state index in [0.717, 1.165) is 6.54 Å². The molecule has 2 nitrogen and oxygen atoms in total. The van der Waals surface area contributed by atoms with Gasteiger partial charge < -0.3 is 10.4 Å². The fourth-order valence-corrected chi connectivity index (χ4v) is 1.74. The summed E-state index contributed by atoms with van der Waals surface area (Å²) >= 11 is 0. The second kappa shape index (κ2) is 5.13. The van der Waals surface area contributed by atoms with Crippen LogP contribution in [0.15, 0.2) is 18.2 Å². The fourth-order valence-electron chi connectivity index (χ4n) is 1.74. The standard InChI is InChI=1S/C12H19NO/c1-4-13-12(8-14)11-6-5-9(2)7-10(11)3/h5-7,12-14H,4,8H2,1-3H3. The van der Waals surface area contributed by atoms with Gasteiger partial charge >= 0.3 is 0 Å². The third-order valence-electron chi connectivity index (χ3n) is 2.43. The number of aryl methyl sites for hydroxylation is 2. The van der Waals surface area contributed by atoms with Crippen molar-refractivity contribution in [3.05, 3.63) is 34.9 Å². The van der Waals surface area contributed by atoms with Crippen LogP contribution in [0.1, 0.15) is 29.7 Å². The highest BCUT2D eigenvalue weighted by atomic mass is 16.3. The lowest BCUT2D eigenvalue weighted by Gasteiger charge is -2.18. The van der Waals surface area contributed by atoms with E-state index >= 15 is 0 Å². The average molecular weight is 193 g/mol. The molecule has 0 bridgehead atoms. The van der Waals surface area contributed by atoms with Crippen LogP contribution in [0.2, 0.25) is 0 Å². The Morgan fingerprint density at radius 2 is 2.07 bits per heavy atom. The molecule has 0 aliphatic carbocycles. The van der Waals surface area contributed by atoms with Gasteiger partial charge in [0, 0.05) is 0 Å². The van der Waals surface area contributed by atoms with Crippen LogP contribution in [0.3, 0.4) is 0 Å². The molecule has 1 rings (SSSR count). The molecule has 0 fully saturated rings. The topological polar surface area (TPSA) is 32.3 Å². The van der Waals surface area contributed by atoms with Crippen molar-refractivity contribution < 1.29 is 5.11 Å². The molecule has 1 aromatic rings. The van der Waals surface area contributed by atoms with Gasteiger partial charge in [0.15, 0.2) is 0 Å². The highest BCUT2D eigenvalue weighted by Crippen LogP contribution is 2.18. The summed E-state index contributed by atoms with van der Waals surface area (Å²) in [4.78, 5) is 0. The van der Waals surface area contributed by atoms with Crippen LogP contribution in [0.25, 0.3) is 0 Å². The molecule has 2 heteroatoms. The smallest absolute Gasteiger partial charge is 0.0626 e. The van der Waals surface area contributed by atoms with Gasteiger partial charge in [-0.15, -0.1) is 0 Å². The minimum absolute atomic E-state index is 0.0700. The Kier molecular flexibility index (Phi) is 4.11. The molecule has 0 saturated carbocycles. The molecular weight excluding hydrogens is 174 g/mol. The highest BCUT2D eigenvalue weighted by molar-refractivity contribution is 5.32. The zero-order valence-electron chi connectivity index (χ0n) is 9.17. The van der Waals surface area contributed by atoms with E-state index in [1.165, 1.54) is 16.7 Å². The summed E-state index contributed by atoms with van der Waals surface area (Å²) in [7, 11) is 0. The van der Waals surface area contributed by atoms with Crippen molar-refractivity contribution in [3.63, 3.8) is 0 Å². The number of nitrogens with one attached hydrogen (secondary N) is 1. The van der Waals surface area contributed by atoms with Crippen molar-refractivity contribution in [2.24, 2.45) is 0 Å². The zero-order chi connectivity index (χ0) is 10.6. The number of likely N-dealkylation sites (N-methyl/N-ethyl adjacent to an activating group) is 1. The first-order chi connectivity index (χ1) is 6.69. The first-order valence-electron chi connectivity index (χ1n) is 5.10. The summed E-state index contributed by atoms with van der Waals surface area (Å²) in [6, 6.07) is 6.40. The van der Waals surface area contributed by atoms with Crippen LogP contribution in [0, 0.1) is 13.8 Å². The largest absolute Gasteiger partial charge is 0.394 e. The summed E-state index contributed by atoms with van der Waals surface area (Å²) < 4.78 is 0. The molecule has 1 unspecified atom stereocenters. The third kappa shape index (κ3) is 2.56. The molecule has 2 N–H and O–H groups in total. The van der Waals surface area contributed by atoms with E-state index in [2.05, 4.69) is 37.4 Å². The summed E-state index contributed by atoms with van der Waals surface area (Å²) in [5.41, 5.74) is 3.70. The van der Waals surface area contributed by atoms with Crippen LogP contribution in [-0.2, 0) is 0 Å². The van der Waals surface area contributed by atoms with Crippen molar-refractivity contribution in [1.29, 1.82) is 0 Å². The van der Waals surface area contributed by atoms with Gasteiger partial charge in [0.1, 0.15) is 0 Å². The third-order valence-corrected chi connectivity index (χ3v) is 2.43. The molecule has 14 heavy (non-hydrogen) atoms.